The Morgan fingerprint density at radius 1 is 1.10 bits per heavy atom. The predicted octanol–water partition coefficient (Wildman–Crippen LogP) is 3.43. The van der Waals surface area contributed by atoms with Crippen LogP contribution < -0.4 is 10.1 Å². The highest BCUT2D eigenvalue weighted by atomic mass is 16.5. The molecule has 1 atom stereocenters. The van der Waals surface area contributed by atoms with Crippen LogP contribution >= 0.6 is 0 Å². The molecule has 2 aromatic heterocycles. The zero-order valence-electron chi connectivity index (χ0n) is 16.9. The van der Waals surface area contributed by atoms with Crippen molar-refractivity contribution in [3.63, 3.8) is 0 Å². The van der Waals surface area contributed by atoms with Gasteiger partial charge >= 0.3 is 0 Å². The second-order valence-electron chi connectivity index (χ2n) is 7.51. The lowest BCUT2D eigenvalue weighted by molar-refractivity contribution is -0.124. The third kappa shape index (κ3) is 4.48. The monoisotopic (exact) mass is 404 g/mol. The van der Waals surface area contributed by atoms with Gasteiger partial charge in [0.1, 0.15) is 24.2 Å². The standard InChI is InChI=1S/C22H24N6O2/c1-15(2)11-18(22-26-16-7-3-4-8-17(16)27-22)25-21(29)12-30-20-10-6-5-9-19(20)28-13-23-24-14-28/h3-10,13-15,18H,11-12H2,1-2H3,(H,25,29)(H,26,27)/t18-/m0/s1. The third-order valence-corrected chi connectivity index (χ3v) is 4.70. The molecular weight excluding hydrogens is 380 g/mol. The summed E-state index contributed by atoms with van der Waals surface area (Å²) in [6, 6.07) is 15.1. The Kier molecular flexibility index (Phi) is 5.74. The number of para-hydroxylation sites is 4. The Morgan fingerprint density at radius 2 is 1.83 bits per heavy atom. The van der Waals surface area contributed by atoms with Crippen molar-refractivity contribution in [2.75, 3.05) is 6.61 Å². The van der Waals surface area contributed by atoms with Gasteiger partial charge in [-0.25, -0.2) is 4.98 Å². The Bertz CT molecular complexity index is 1090. The quantitative estimate of drug-likeness (QED) is 0.469. The maximum absolute atomic E-state index is 12.7. The molecule has 0 saturated heterocycles. The number of aromatic nitrogens is 5. The molecule has 0 bridgehead atoms. The fourth-order valence-corrected chi connectivity index (χ4v) is 3.34. The summed E-state index contributed by atoms with van der Waals surface area (Å²) in [5, 5.41) is 10.7. The number of aromatic amines is 1. The molecule has 0 saturated carbocycles. The van der Waals surface area contributed by atoms with Gasteiger partial charge in [0, 0.05) is 0 Å². The SMILES string of the molecule is CC(C)C[C@H](NC(=O)COc1ccccc1-n1cnnc1)c1nc2ccccc2[nH]1. The summed E-state index contributed by atoms with van der Waals surface area (Å²) in [6.45, 7) is 4.13. The zero-order valence-corrected chi connectivity index (χ0v) is 16.9. The van der Waals surface area contributed by atoms with E-state index in [4.69, 9.17) is 4.74 Å². The highest BCUT2D eigenvalue weighted by Gasteiger charge is 2.20. The number of amides is 1. The minimum absolute atomic E-state index is 0.103. The van der Waals surface area contributed by atoms with Gasteiger partial charge in [-0.05, 0) is 36.6 Å². The molecule has 1 amide bonds. The highest BCUT2D eigenvalue weighted by molar-refractivity contribution is 5.79. The van der Waals surface area contributed by atoms with E-state index in [1.165, 1.54) is 0 Å². The number of benzene rings is 2. The predicted molar refractivity (Wildman–Crippen MR) is 113 cm³/mol. The maximum atomic E-state index is 12.7. The Labute approximate surface area is 174 Å². The van der Waals surface area contributed by atoms with Crippen LogP contribution in [0.3, 0.4) is 0 Å². The van der Waals surface area contributed by atoms with Crippen LogP contribution in [0.25, 0.3) is 16.7 Å². The van der Waals surface area contributed by atoms with Crippen LogP contribution in [0.1, 0.15) is 32.1 Å². The number of rotatable bonds is 8. The molecule has 2 heterocycles. The van der Waals surface area contributed by atoms with E-state index in [1.807, 2.05) is 48.5 Å². The topological polar surface area (TPSA) is 97.7 Å². The first-order valence-corrected chi connectivity index (χ1v) is 9.91. The molecule has 0 unspecified atom stereocenters. The molecule has 2 aromatic carbocycles. The number of carbonyl (C=O) groups excluding carboxylic acids is 1. The third-order valence-electron chi connectivity index (χ3n) is 4.70. The number of hydrogen-bond acceptors (Lipinski definition) is 5. The van der Waals surface area contributed by atoms with Crippen molar-refractivity contribution in [3.8, 4) is 11.4 Å². The summed E-state index contributed by atoms with van der Waals surface area (Å²) in [4.78, 5) is 20.7. The molecule has 8 nitrogen and oxygen atoms in total. The number of nitrogens with one attached hydrogen (secondary N) is 2. The van der Waals surface area contributed by atoms with E-state index in [-0.39, 0.29) is 18.6 Å². The van der Waals surface area contributed by atoms with E-state index in [0.29, 0.717) is 11.7 Å². The van der Waals surface area contributed by atoms with E-state index in [0.717, 1.165) is 29.0 Å². The molecule has 154 valence electrons. The van der Waals surface area contributed by atoms with Crippen molar-refractivity contribution < 1.29 is 9.53 Å². The van der Waals surface area contributed by atoms with Gasteiger partial charge in [0.2, 0.25) is 0 Å². The van der Waals surface area contributed by atoms with Crippen LogP contribution in [-0.2, 0) is 4.79 Å². The number of H-pyrrole nitrogens is 1. The number of ether oxygens (including phenoxy) is 1. The van der Waals surface area contributed by atoms with Crippen LogP contribution in [0.5, 0.6) is 5.75 Å². The van der Waals surface area contributed by atoms with Crippen molar-refractivity contribution in [2.45, 2.75) is 26.3 Å². The van der Waals surface area contributed by atoms with E-state index in [2.05, 4.69) is 39.3 Å². The Morgan fingerprint density at radius 3 is 2.60 bits per heavy atom. The number of carbonyl (C=O) groups is 1. The molecule has 0 aliphatic heterocycles. The van der Waals surface area contributed by atoms with Gasteiger partial charge in [-0.15, -0.1) is 10.2 Å². The lowest BCUT2D eigenvalue weighted by atomic mass is 10.0. The summed E-state index contributed by atoms with van der Waals surface area (Å²) in [5.74, 6) is 1.51. The first-order chi connectivity index (χ1) is 14.6. The van der Waals surface area contributed by atoms with Crippen molar-refractivity contribution in [1.29, 1.82) is 0 Å². The van der Waals surface area contributed by atoms with Crippen molar-refractivity contribution in [1.82, 2.24) is 30.0 Å². The normalized spacial score (nSPS) is 12.2. The summed E-state index contributed by atoms with van der Waals surface area (Å²) in [5.41, 5.74) is 2.61. The first kappa shape index (κ1) is 19.6. The smallest absolute Gasteiger partial charge is 0.258 e. The second kappa shape index (κ2) is 8.77. The largest absolute Gasteiger partial charge is 0.482 e. The number of fused-ring (bicyclic) bond motifs is 1. The summed E-state index contributed by atoms with van der Waals surface area (Å²) in [6.07, 6.45) is 3.94. The van der Waals surface area contributed by atoms with Crippen LogP contribution in [0, 0.1) is 5.92 Å². The molecule has 0 fully saturated rings. The fraction of sp³-hybridized carbons (Fsp3) is 0.273. The average molecular weight is 404 g/mol. The molecule has 0 aliphatic rings. The van der Waals surface area contributed by atoms with Crippen molar-refractivity contribution >= 4 is 16.9 Å². The van der Waals surface area contributed by atoms with Crippen LogP contribution in [0.4, 0.5) is 0 Å². The van der Waals surface area contributed by atoms with Crippen molar-refractivity contribution in [2.24, 2.45) is 5.92 Å². The molecule has 4 aromatic rings. The zero-order chi connectivity index (χ0) is 20.9. The van der Waals surface area contributed by atoms with E-state index in [9.17, 15) is 4.79 Å². The van der Waals surface area contributed by atoms with Crippen LogP contribution in [0.15, 0.2) is 61.2 Å². The van der Waals surface area contributed by atoms with Crippen LogP contribution in [0.2, 0.25) is 0 Å². The Balaban J connectivity index is 1.46. The maximum Gasteiger partial charge on any atom is 0.258 e. The van der Waals surface area contributed by atoms with Gasteiger partial charge < -0.3 is 15.0 Å². The molecule has 0 radical (unpaired) electrons. The second-order valence-corrected chi connectivity index (χ2v) is 7.51. The highest BCUT2D eigenvalue weighted by Crippen LogP contribution is 2.23. The van der Waals surface area contributed by atoms with Gasteiger partial charge in [0.05, 0.1) is 22.8 Å². The van der Waals surface area contributed by atoms with Gasteiger partial charge in [-0.1, -0.05) is 38.1 Å². The van der Waals surface area contributed by atoms with Gasteiger partial charge in [-0.3, -0.25) is 9.36 Å². The number of hydrogen-bond donors (Lipinski definition) is 2. The van der Waals surface area contributed by atoms with E-state index < -0.39 is 0 Å². The summed E-state index contributed by atoms with van der Waals surface area (Å²) in [7, 11) is 0. The molecular formula is C22H24N6O2. The average Bonchev–Trinajstić information content (AvgIpc) is 3.41. The molecule has 0 spiro atoms. The first-order valence-electron chi connectivity index (χ1n) is 9.91. The van der Waals surface area contributed by atoms with E-state index in [1.54, 1.807) is 17.2 Å². The van der Waals surface area contributed by atoms with Crippen molar-refractivity contribution in [3.05, 3.63) is 67.0 Å². The lowest BCUT2D eigenvalue weighted by Crippen LogP contribution is -2.34. The van der Waals surface area contributed by atoms with E-state index >= 15 is 0 Å². The summed E-state index contributed by atoms with van der Waals surface area (Å²) < 4.78 is 7.54. The van der Waals surface area contributed by atoms with Crippen LogP contribution in [-0.4, -0.2) is 37.2 Å². The number of imidazole rings is 1. The minimum atomic E-state index is -0.221. The number of nitrogens with zero attached hydrogens (tertiary/aromatic N) is 4. The van der Waals surface area contributed by atoms with Gasteiger partial charge in [0.25, 0.3) is 5.91 Å². The molecule has 30 heavy (non-hydrogen) atoms. The molecule has 4 rings (SSSR count). The summed E-state index contributed by atoms with van der Waals surface area (Å²) >= 11 is 0. The molecule has 0 aliphatic carbocycles. The molecule has 8 heteroatoms. The lowest BCUT2D eigenvalue weighted by Gasteiger charge is -2.19. The molecule has 2 N–H and O–H groups in total. The fourth-order valence-electron chi connectivity index (χ4n) is 3.34. The van der Waals surface area contributed by atoms with Gasteiger partial charge in [-0.2, -0.15) is 0 Å². The minimum Gasteiger partial charge on any atom is -0.482 e. The Hall–Kier alpha value is -3.68. The van der Waals surface area contributed by atoms with Gasteiger partial charge in [0.15, 0.2) is 6.61 Å².